The molecular formula is C17H18ClIO2. The molecule has 0 atom stereocenters. The average molecular weight is 417 g/mol. The lowest BCUT2D eigenvalue weighted by Crippen LogP contribution is -2.01. The Bertz CT molecular complexity index is 570. The molecule has 0 aliphatic carbocycles. The van der Waals surface area contributed by atoms with Crippen molar-refractivity contribution in [2.75, 3.05) is 18.1 Å². The van der Waals surface area contributed by atoms with Crippen molar-refractivity contribution in [3.63, 3.8) is 0 Å². The van der Waals surface area contributed by atoms with Gasteiger partial charge in [-0.3, -0.25) is 0 Å². The summed E-state index contributed by atoms with van der Waals surface area (Å²) in [5.41, 5.74) is 2.40. The molecule has 0 unspecified atom stereocenters. The second-order valence-electron chi connectivity index (χ2n) is 4.64. The number of ether oxygens (including phenoxy) is 2. The summed E-state index contributed by atoms with van der Waals surface area (Å²) in [5.74, 6) is 1.70. The Morgan fingerprint density at radius 2 is 1.71 bits per heavy atom. The average Bonchev–Trinajstić information content (AvgIpc) is 2.51. The third kappa shape index (κ3) is 5.08. The number of hydrogen-bond acceptors (Lipinski definition) is 2. The SMILES string of the molecule is COc1ccc(CCOc2ccc(CCI)c(Cl)c2)cc1. The number of hydrogen-bond donors (Lipinski definition) is 0. The Labute approximate surface area is 144 Å². The first-order chi connectivity index (χ1) is 10.2. The molecule has 4 heteroatoms. The van der Waals surface area contributed by atoms with Crippen LogP contribution in [0.5, 0.6) is 11.5 Å². The van der Waals surface area contributed by atoms with E-state index in [0.717, 1.165) is 33.8 Å². The molecule has 0 saturated carbocycles. The van der Waals surface area contributed by atoms with E-state index in [0.29, 0.717) is 6.61 Å². The van der Waals surface area contributed by atoms with Crippen molar-refractivity contribution in [2.24, 2.45) is 0 Å². The molecule has 2 aromatic rings. The normalized spacial score (nSPS) is 10.4. The maximum Gasteiger partial charge on any atom is 0.120 e. The molecule has 0 N–H and O–H groups in total. The summed E-state index contributed by atoms with van der Waals surface area (Å²) in [5, 5.41) is 0.786. The number of alkyl halides is 1. The van der Waals surface area contributed by atoms with Gasteiger partial charge in [0.2, 0.25) is 0 Å². The van der Waals surface area contributed by atoms with Gasteiger partial charge < -0.3 is 9.47 Å². The number of rotatable bonds is 7. The summed E-state index contributed by atoms with van der Waals surface area (Å²) in [6.45, 7) is 0.633. The van der Waals surface area contributed by atoms with E-state index in [4.69, 9.17) is 21.1 Å². The fourth-order valence-electron chi connectivity index (χ4n) is 2.00. The van der Waals surface area contributed by atoms with E-state index in [-0.39, 0.29) is 0 Å². The largest absolute Gasteiger partial charge is 0.497 e. The van der Waals surface area contributed by atoms with Crippen LogP contribution in [0.3, 0.4) is 0 Å². The van der Waals surface area contributed by atoms with Crippen molar-refractivity contribution in [2.45, 2.75) is 12.8 Å². The summed E-state index contributed by atoms with van der Waals surface area (Å²) >= 11 is 8.59. The van der Waals surface area contributed by atoms with Crippen molar-refractivity contribution in [3.05, 3.63) is 58.6 Å². The Balaban J connectivity index is 1.86. The third-order valence-electron chi connectivity index (χ3n) is 3.21. The van der Waals surface area contributed by atoms with Gasteiger partial charge in [0.25, 0.3) is 0 Å². The lowest BCUT2D eigenvalue weighted by atomic mass is 10.1. The van der Waals surface area contributed by atoms with E-state index in [9.17, 15) is 0 Å². The molecule has 112 valence electrons. The molecule has 2 rings (SSSR count). The van der Waals surface area contributed by atoms with Crippen LogP contribution in [-0.2, 0) is 12.8 Å². The second kappa shape index (κ2) is 8.49. The van der Waals surface area contributed by atoms with Gasteiger partial charge in [0, 0.05) is 15.9 Å². The third-order valence-corrected chi connectivity index (χ3v) is 4.10. The molecule has 0 heterocycles. The smallest absolute Gasteiger partial charge is 0.120 e. The minimum Gasteiger partial charge on any atom is -0.497 e. The van der Waals surface area contributed by atoms with E-state index in [1.807, 2.05) is 30.3 Å². The standard InChI is InChI=1S/C17H18ClIO2/c1-20-15-5-2-13(3-6-15)9-11-21-16-7-4-14(8-10-19)17(18)12-16/h2-7,12H,8-11H2,1H3. The van der Waals surface area contributed by atoms with Crippen molar-refractivity contribution >= 4 is 34.2 Å². The molecule has 0 aromatic heterocycles. The molecule has 2 aromatic carbocycles. The van der Waals surface area contributed by atoms with Gasteiger partial charge in [-0.25, -0.2) is 0 Å². The van der Waals surface area contributed by atoms with Gasteiger partial charge in [-0.05, 0) is 41.8 Å². The highest BCUT2D eigenvalue weighted by Crippen LogP contribution is 2.23. The van der Waals surface area contributed by atoms with Crippen molar-refractivity contribution < 1.29 is 9.47 Å². The maximum absolute atomic E-state index is 6.24. The zero-order chi connectivity index (χ0) is 15.1. The van der Waals surface area contributed by atoms with Gasteiger partial charge in [0.1, 0.15) is 11.5 Å². The number of halogens is 2. The van der Waals surface area contributed by atoms with Crippen LogP contribution in [0.2, 0.25) is 5.02 Å². The first-order valence-electron chi connectivity index (χ1n) is 6.83. The van der Waals surface area contributed by atoms with Gasteiger partial charge in [-0.2, -0.15) is 0 Å². The topological polar surface area (TPSA) is 18.5 Å². The zero-order valence-electron chi connectivity index (χ0n) is 11.9. The highest BCUT2D eigenvalue weighted by Gasteiger charge is 2.03. The van der Waals surface area contributed by atoms with E-state index in [1.54, 1.807) is 7.11 Å². The van der Waals surface area contributed by atoms with Gasteiger partial charge in [0.05, 0.1) is 13.7 Å². The van der Waals surface area contributed by atoms with Crippen molar-refractivity contribution in [1.82, 2.24) is 0 Å². The van der Waals surface area contributed by atoms with Gasteiger partial charge in [0.15, 0.2) is 0 Å². The highest BCUT2D eigenvalue weighted by molar-refractivity contribution is 14.1. The quantitative estimate of drug-likeness (QED) is 0.470. The molecule has 0 fully saturated rings. The van der Waals surface area contributed by atoms with Gasteiger partial charge in [-0.1, -0.05) is 52.4 Å². The van der Waals surface area contributed by atoms with Crippen LogP contribution in [0.15, 0.2) is 42.5 Å². The predicted octanol–water partition coefficient (Wildman–Crippen LogP) is 4.95. The first-order valence-corrected chi connectivity index (χ1v) is 8.73. The van der Waals surface area contributed by atoms with E-state index < -0.39 is 0 Å². The maximum atomic E-state index is 6.24. The van der Waals surface area contributed by atoms with Crippen molar-refractivity contribution in [1.29, 1.82) is 0 Å². The summed E-state index contributed by atoms with van der Waals surface area (Å²) in [6.07, 6.45) is 1.85. The summed E-state index contributed by atoms with van der Waals surface area (Å²) < 4.78 is 12.0. The zero-order valence-corrected chi connectivity index (χ0v) is 14.9. The van der Waals surface area contributed by atoms with Crippen LogP contribution < -0.4 is 9.47 Å². The lowest BCUT2D eigenvalue weighted by molar-refractivity contribution is 0.322. The Kier molecular flexibility index (Phi) is 6.64. The number of aryl methyl sites for hydroxylation is 1. The van der Waals surface area contributed by atoms with Crippen LogP contribution in [0.25, 0.3) is 0 Å². The Morgan fingerprint density at radius 3 is 2.33 bits per heavy atom. The van der Waals surface area contributed by atoms with E-state index in [2.05, 4.69) is 34.7 Å². The Hall–Kier alpha value is -0.940. The number of methoxy groups -OCH3 is 1. The van der Waals surface area contributed by atoms with Crippen LogP contribution in [-0.4, -0.2) is 18.1 Å². The lowest BCUT2D eigenvalue weighted by Gasteiger charge is -2.09. The molecule has 0 radical (unpaired) electrons. The molecule has 0 bridgehead atoms. The fourth-order valence-corrected chi connectivity index (χ4v) is 2.85. The minimum absolute atomic E-state index is 0.633. The minimum atomic E-state index is 0.633. The molecule has 2 nitrogen and oxygen atoms in total. The highest BCUT2D eigenvalue weighted by atomic mass is 127. The van der Waals surface area contributed by atoms with Crippen LogP contribution in [0, 0.1) is 0 Å². The first kappa shape index (κ1) is 16.4. The summed E-state index contributed by atoms with van der Waals surface area (Å²) in [7, 11) is 1.67. The summed E-state index contributed by atoms with van der Waals surface area (Å²) in [4.78, 5) is 0. The molecule has 0 amide bonds. The monoisotopic (exact) mass is 416 g/mol. The van der Waals surface area contributed by atoms with Crippen LogP contribution >= 0.6 is 34.2 Å². The van der Waals surface area contributed by atoms with Crippen molar-refractivity contribution in [3.8, 4) is 11.5 Å². The van der Waals surface area contributed by atoms with E-state index >= 15 is 0 Å². The molecule has 0 spiro atoms. The molecule has 0 aliphatic rings. The summed E-state index contributed by atoms with van der Waals surface area (Å²) in [6, 6.07) is 14.0. The predicted molar refractivity (Wildman–Crippen MR) is 96.2 cm³/mol. The molecular weight excluding hydrogens is 399 g/mol. The fraction of sp³-hybridized carbons (Fsp3) is 0.294. The molecule has 0 aliphatic heterocycles. The van der Waals surface area contributed by atoms with Crippen LogP contribution in [0.1, 0.15) is 11.1 Å². The molecule has 21 heavy (non-hydrogen) atoms. The Morgan fingerprint density at radius 1 is 1.00 bits per heavy atom. The van der Waals surface area contributed by atoms with E-state index in [1.165, 1.54) is 11.1 Å². The van der Waals surface area contributed by atoms with Gasteiger partial charge in [-0.15, -0.1) is 0 Å². The molecule has 0 saturated heterocycles. The number of benzene rings is 2. The van der Waals surface area contributed by atoms with Crippen LogP contribution in [0.4, 0.5) is 0 Å². The second-order valence-corrected chi connectivity index (χ2v) is 6.12. The van der Waals surface area contributed by atoms with Gasteiger partial charge >= 0.3 is 0 Å².